The number of rotatable bonds is 5. The number of aliphatic hydroxyl groups is 1. The van der Waals surface area contributed by atoms with Crippen LogP contribution in [-0.4, -0.2) is 27.5 Å². The highest BCUT2D eigenvalue weighted by molar-refractivity contribution is 7.46. The molecular weight excluding hydrogens is 246 g/mol. The second-order valence-corrected chi connectivity index (χ2v) is 4.28. The minimum atomic E-state index is -4.90. The molecule has 0 bridgehead atoms. The van der Waals surface area contributed by atoms with Crippen LogP contribution in [0.4, 0.5) is 0 Å². The van der Waals surface area contributed by atoms with Gasteiger partial charge in [-0.1, -0.05) is 24.9 Å². The first-order valence-corrected chi connectivity index (χ1v) is 6.00. The molecule has 0 saturated carbocycles. The van der Waals surface area contributed by atoms with Crippen LogP contribution >= 0.6 is 19.4 Å². The standard InChI is InChI=1S/C7H12ClO6P/c1-2-3-6(8)5(4-9)7(10)14-15(11,12)13/h9H,2-4H2,1H3,(H2,11,12,13). The Balaban J connectivity index is 4.76. The van der Waals surface area contributed by atoms with E-state index < -0.39 is 20.4 Å². The summed E-state index contributed by atoms with van der Waals surface area (Å²) < 4.78 is 14.1. The molecule has 0 saturated heterocycles. The van der Waals surface area contributed by atoms with Crippen molar-refractivity contribution in [3.63, 3.8) is 0 Å². The van der Waals surface area contributed by atoms with Crippen molar-refractivity contribution in [1.29, 1.82) is 0 Å². The maximum atomic E-state index is 11.1. The maximum Gasteiger partial charge on any atom is 0.527 e. The number of carbonyl (C=O) groups is 1. The van der Waals surface area contributed by atoms with Gasteiger partial charge in [-0.15, -0.1) is 0 Å². The molecule has 0 heterocycles. The zero-order valence-corrected chi connectivity index (χ0v) is 9.66. The molecule has 0 amide bonds. The lowest BCUT2D eigenvalue weighted by Crippen LogP contribution is -2.11. The monoisotopic (exact) mass is 258 g/mol. The Hall–Kier alpha value is -0.390. The summed E-state index contributed by atoms with van der Waals surface area (Å²) in [5.41, 5.74) is -0.332. The molecule has 0 rings (SSSR count). The average molecular weight is 259 g/mol. The molecule has 0 aromatic rings. The Bertz CT molecular complexity index is 307. The molecule has 0 unspecified atom stereocenters. The molecule has 0 aliphatic carbocycles. The van der Waals surface area contributed by atoms with Crippen molar-refractivity contribution in [2.75, 3.05) is 6.61 Å². The summed E-state index contributed by atoms with van der Waals surface area (Å²) in [6.07, 6.45) is 0.958. The highest BCUT2D eigenvalue weighted by atomic mass is 35.5. The molecule has 0 atom stereocenters. The summed E-state index contributed by atoms with van der Waals surface area (Å²) in [6, 6.07) is 0. The van der Waals surface area contributed by atoms with E-state index >= 15 is 0 Å². The summed E-state index contributed by atoms with van der Waals surface area (Å²) in [6.45, 7) is 1.07. The van der Waals surface area contributed by atoms with Crippen molar-refractivity contribution in [2.24, 2.45) is 0 Å². The van der Waals surface area contributed by atoms with Crippen LogP contribution in [-0.2, 0) is 13.9 Å². The fraction of sp³-hybridized carbons (Fsp3) is 0.571. The Labute approximate surface area is 91.7 Å². The van der Waals surface area contributed by atoms with Crippen LogP contribution in [0.15, 0.2) is 10.6 Å². The van der Waals surface area contributed by atoms with Crippen molar-refractivity contribution in [3.05, 3.63) is 10.6 Å². The van der Waals surface area contributed by atoms with Crippen LogP contribution in [0, 0.1) is 0 Å². The molecule has 0 fully saturated rings. The van der Waals surface area contributed by atoms with E-state index in [1.165, 1.54) is 0 Å². The Morgan fingerprint density at radius 1 is 1.47 bits per heavy atom. The summed E-state index contributed by atoms with van der Waals surface area (Å²) in [5, 5.41) is 8.83. The normalized spacial score (nSPS) is 13.4. The molecule has 15 heavy (non-hydrogen) atoms. The first kappa shape index (κ1) is 14.6. The van der Waals surface area contributed by atoms with E-state index in [9.17, 15) is 9.36 Å². The topological polar surface area (TPSA) is 104 Å². The van der Waals surface area contributed by atoms with E-state index in [0.717, 1.165) is 0 Å². The number of allylic oxidation sites excluding steroid dienone is 1. The van der Waals surface area contributed by atoms with Crippen LogP contribution in [0.2, 0.25) is 0 Å². The lowest BCUT2D eigenvalue weighted by atomic mass is 10.2. The van der Waals surface area contributed by atoms with Gasteiger partial charge in [0.1, 0.15) is 0 Å². The third-order valence-corrected chi connectivity index (χ3v) is 2.22. The predicted octanol–water partition coefficient (Wildman–Crippen LogP) is 0.908. The van der Waals surface area contributed by atoms with Crippen LogP contribution < -0.4 is 0 Å². The number of halogens is 1. The van der Waals surface area contributed by atoms with Crippen LogP contribution in [0.1, 0.15) is 19.8 Å². The summed E-state index contributed by atoms with van der Waals surface area (Å²) >= 11 is 5.64. The van der Waals surface area contributed by atoms with Crippen LogP contribution in [0.5, 0.6) is 0 Å². The molecule has 0 spiro atoms. The van der Waals surface area contributed by atoms with Gasteiger partial charge in [0, 0.05) is 5.03 Å². The van der Waals surface area contributed by atoms with Crippen molar-refractivity contribution < 1.29 is 28.8 Å². The maximum absolute atomic E-state index is 11.1. The quantitative estimate of drug-likeness (QED) is 0.500. The molecule has 0 radical (unpaired) electrons. The minimum absolute atomic E-state index is 0.0402. The Kier molecular flexibility index (Phi) is 6.09. The number of hydrogen-bond acceptors (Lipinski definition) is 4. The largest absolute Gasteiger partial charge is 0.527 e. The molecule has 0 aliphatic rings. The van der Waals surface area contributed by atoms with Gasteiger partial charge >= 0.3 is 13.8 Å². The van der Waals surface area contributed by atoms with Crippen molar-refractivity contribution in [2.45, 2.75) is 19.8 Å². The van der Waals surface area contributed by atoms with E-state index in [4.69, 9.17) is 26.5 Å². The van der Waals surface area contributed by atoms with Crippen molar-refractivity contribution in [1.82, 2.24) is 0 Å². The number of phosphoric acid groups is 1. The first-order valence-electron chi connectivity index (χ1n) is 4.09. The SMILES string of the molecule is CCCC(Cl)=C(CO)C(=O)OP(=O)(O)O. The van der Waals surface area contributed by atoms with E-state index in [1.54, 1.807) is 6.92 Å². The predicted molar refractivity (Wildman–Crippen MR) is 53.0 cm³/mol. The van der Waals surface area contributed by atoms with E-state index in [-0.39, 0.29) is 10.6 Å². The lowest BCUT2D eigenvalue weighted by Gasteiger charge is -2.08. The van der Waals surface area contributed by atoms with Gasteiger partial charge in [0.25, 0.3) is 0 Å². The smallest absolute Gasteiger partial charge is 0.391 e. The molecule has 0 aromatic carbocycles. The number of hydrogen-bond donors (Lipinski definition) is 3. The zero-order chi connectivity index (χ0) is 12.1. The first-order chi connectivity index (χ1) is 6.81. The van der Waals surface area contributed by atoms with Crippen LogP contribution in [0.3, 0.4) is 0 Å². The second-order valence-electron chi connectivity index (χ2n) is 2.66. The fourth-order valence-corrected chi connectivity index (χ4v) is 1.45. The number of phosphoric ester groups is 1. The van der Waals surface area contributed by atoms with Gasteiger partial charge in [0.05, 0.1) is 12.2 Å². The molecule has 0 aromatic heterocycles. The van der Waals surface area contributed by atoms with Gasteiger partial charge in [0.15, 0.2) is 0 Å². The molecule has 6 nitrogen and oxygen atoms in total. The van der Waals surface area contributed by atoms with Gasteiger partial charge in [-0.05, 0) is 6.42 Å². The molecular formula is C7H12ClO6P. The van der Waals surface area contributed by atoms with Gasteiger partial charge in [-0.2, -0.15) is 0 Å². The minimum Gasteiger partial charge on any atom is -0.391 e. The summed E-state index contributed by atoms with van der Waals surface area (Å²) in [5.74, 6) is -1.30. The molecule has 88 valence electrons. The molecule has 8 heteroatoms. The van der Waals surface area contributed by atoms with Gasteiger partial charge < -0.3 is 9.63 Å². The van der Waals surface area contributed by atoms with Crippen molar-refractivity contribution in [3.8, 4) is 0 Å². The Morgan fingerprint density at radius 2 is 2.00 bits per heavy atom. The average Bonchev–Trinajstić information content (AvgIpc) is 2.02. The lowest BCUT2D eigenvalue weighted by molar-refractivity contribution is -0.131. The Morgan fingerprint density at radius 3 is 2.33 bits per heavy atom. The number of aliphatic hydroxyl groups excluding tert-OH is 1. The summed E-state index contributed by atoms with van der Waals surface area (Å²) in [4.78, 5) is 27.8. The summed E-state index contributed by atoms with van der Waals surface area (Å²) in [7, 11) is -4.90. The van der Waals surface area contributed by atoms with Gasteiger partial charge in [-0.25, -0.2) is 9.36 Å². The third-order valence-electron chi connectivity index (χ3n) is 1.40. The van der Waals surface area contributed by atoms with Gasteiger partial charge in [-0.3, -0.25) is 9.79 Å². The van der Waals surface area contributed by atoms with E-state index in [2.05, 4.69) is 4.52 Å². The van der Waals surface area contributed by atoms with Crippen LogP contribution in [0.25, 0.3) is 0 Å². The van der Waals surface area contributed by atoms with E-state index in [1.807, 2.05) is 0 Å². The highest BCUT2D eigenvalue weighted by Crippen LogP contribution is 2.37. The van der Waals surface area contributed by atoms with Gasteiger partial charge in [0.2, 0.25) is 0 Å². The molecule has 0 aliphatic heterocycles. The third kappa shape index (κ3) is 5.92. The zero-order valence-electron chi connectivity index (χ0n) is 8.01. The fourth-order valence-electron chi connectivity index (χ4n) is 0.795. The second kappa shape index (κ2) is 6.25. The van der Waals surface area contributed by atoms with Crippen molar-refractivity contribution >= 4 is 25.4 Å². The highest BCUT2D eigenvalue weighted by Gasteiger charge is 2.24. The number of carbonyl (C=O) groups excluding carboxylic acids is 1. The van der Waals surface area contributed by atoms with E-state index in [0.29, 0.717) is 12.8 Å². The molecule has 3 N–H and O–H groups in total.